The van der Waals surface area contributed by atoms with Gasteiger partial charge >= 0.3 is 6.03 Å². The Kier molecular flexibility index (Phi) is 4.50. The molecule has 0 fully saturated rings. The minimum absolute atomic E-state index is 0.329. The minimum atomic E-state index is -1.18. The number of urea groups is 1. The highest BCUT2D eigenvalue weighted by atomic mass is 19.1. The first-order chi connectivity index (χ1) is 13.8. The molecule has 4 aromatic rings. The number of carbonyl (C=O) groups excluding carboxylic acids is 2. The summed E-state index contributed by atoms with van der Waals surface area (Å²) in [7, 11) is 0. The number of imide groups is 1. The van der Waals surface area contributed by atoms with Crippen molar-refractivity contribution in [2.24, 2.45) is 0 Å². The fraction of sp³-hybridized carbons (Fsp3) is 0.0909. The average molecular weight is 394 g/mol. The van der Waals surface area contributed by atoms with Crippen LogP contribution in [-0.2, 0) is 0 Å². The third kappa shape index (κ3) is 3.31. The Hall–Kier alpha value is -3.74. The van der Waals surface area contributed by atoms with Crippen LogP contribution in [0.1, 0.15) is 21.5 Å². The summed E-state index contributed by atoms with van der Waals surface area (Å²) in [5.74, 6) is -3.29. The van der Waals surface area contributed by atoms with Crippen LogP contribution in [-0.4, -0.2) is 11.9 Å². The molecular weight excluding hydrogens is 378 g/mol. The molecule has 0 radical (unpaired) electrons. The van der Waals surface area contributed by atoms with Gasteiger partial charge in [0.2, 0.25) is 0 Å². The molecule has 2 N–H and O–H groups in total. The van der Waals surface area contributed by atoms with E-state index in [1.165, 1.54) is 0 Å². The molecule has 0 spiro atoms. The van der Waals surface area contributed by atoms with E-state index in [2.05, 4.69) is 5.32 Å². The van der Waals surface area contributed by atoms with Gasteiger partial charge in [0.15, 0.2) is 5.58 Å². The lowest BCUT2D eigenvalue weighted by atomic mass is 10.0. The predicted molar refractivity (Wildman–Crippen MR) is 106 cm³/mol. The Morgan fingerprint density at radius 1 is 0.966 bits per heavy atom. The lowest BCUT2D eigenvalue weighted by molar-refractivity contribution is 0.0959. The van der Waals surface area contributed by atoms with Crippen LogP contribution in [0.3, 0.4) is 0 Å². The second kappa shape index (κ2) is 7.01. The molecule has 4 rings (SSSR count). The first-order valence-electron chi connectivity index (χ1n) is 8.84. The summed E-state index contributed by atoms with van der Waals surface area (Å²) in [6, 6.07) is 11.2. The molecule has 7 heteroatoms. The molecule has 0 atom stereocenters. The normalized spacial score (nSPS) is 11.0. The zero-order valence-electron chi connectivity index (χ0n) is 15.6. The summed E-state index contributed by atoms with van der Waals surface area (Å²) >= 11 is 0. The van der Waals surface area contributed by atoms with Crippen LogP contribution in [0.2, 0.25) is 0 Å². The molecule has 0 unspecified atom stereocenters. The summed E-state index contributed by atoms with van der Waals surface area (Å²) in [5.41, 5.74) is 2.70. The molecule has 146 valence electrons. The van der Waals surface area contributed by atoms with E-state index in [0.717, 1.165) is 40.1 Å². The number of anilines is 1. The monoisotopic (exact) mass is 394 g/mol. The van der Waals surface area contributed by atoms with Gasteiger partial charge in [-0.1, -0.05) is 24.3 Å². The highest BCUT2D eigenvalue weighted by Crippen LogP contribution is 2.35. The third-order valence-electron chi connectivity index (χ3n) is 4.61. The lowest BCUT2D eigenvalue weighted by Gasteiger charge is -2.08. The van der Waals surface area contributed by atoms with Crippen LogP contribution in [0, 0.1) is 25.5 Å². The number of para-hydroxylation sites is 1. The Balaban J connectivity index is 1.65. The number of benzene rings is 3. The third-order valence-corrected chi connectivity index (χ3v) is 4.61. The zero-order chi connectivity index (χ0) is 20.7. The van der Waals surface area contributed by atoms with Crippen molar-refractivity contribution >= 4 is 39.6 Å². The van der Waals surface area contributed by atoms with E-state index >= 15 is 0 Å². The van der Waals surface area contributed by atoms with E-state index in [-0.39, 0.29) is 0 Å². The van der Waals surface area contributed by atoms with Gasteiger partial charge in [-0.15, -0.1) is 0 Å². The highest BCUT2D eigenvalue weighted by molar-refractivity contribution is 6.14. The maximum Gasteiger partial charge on any atom is 0.326 e. The number of amides is 3. The van der Waals surface area contributed by atoms with E-state index in [9.17, 15) is 18.4 Å². The summed E-state index contributed by atoms with van der Waals surface area (Å²) < 4.78 is 33.4. The molecule has 0 saturated carbocycles. The van der Waals surface area contributed by atoms with Crippen LogP contribution in [0.4, 0.5) is 19.3 Å². The Morgan fingerprint density at radius 2 is 1.66 bits per heavy atom. The fourth-order valence-electron chi connectivity index (χ4n) is 3.44. The summed E-state index contributed by atoms with van der Waals surface area (Å²) in [6.45, 7) is 3.93. The van der Waals surface area contributed by atoms with Crippen molar-refractivity contribution in [1.29, 1.82) is 0 Å². The van der Waals surface area contributed by atoms with Crippen molar-refractivity contribution in [3.63, 3.8) is 0 Å². The van der Waals surface area contributed by atoms with Crippen LogP contribution >= 0.6 is 0 Å². The van der Waals surface area contributed by atoms with Gasteiger partial charge in [0.25, 0.3) is 5.91 Å². The lowest BCUT2D eigenvalue weighted by Crippen LogP contribution is -2.35. The molecule has 1 heterocycles. The Labute approximate surface area is 164 Å². The maximum absolute atomic E-state index is 13.7. The van der Waals surface area contributed by atoms with Gasteiger partial charge in [-0.25, -0.2) is 13.6 Å². The fourth-order valence-corrected chi connectivity index (χ4v) is 3.44. The Morgan fingerprint density at radius 3 is 2.38 bits per heavy atom. The van der Waals surface area contributed by atoms with Crippen LogP contribution < -0.4 is 10.6 Å². The number of fused-ring (bicyclic) bond motifs is 3. The van der Waals surface area contributed by atoms with Gasteiger partial charge in [0.1, 0.15) is 22.8 Å². The van der Waals surface area contributed by atoms with Gasteiger partial charge in [-0.2, -0.15) is 0 Å². The smallest absolute Gasteiger partial charge is 0.326 e. The van der Waals surface area contributed by atoms with E-state index in [1.54, 1.807) is 12.1 Å². The molecule has 3 amide bonds. The number of rotatable bonds is 2. The van der Waals surface area contributed by atoms with E-state index < -0.39 is 29.1 Å². The summed E-state index contributed by atoms with van der Waals surface area (Å²) in [4.78, 5) is 24.4. The van der Waals surface area contributed by atoms with E-state index in [1.807, 2.05) is 37.4 Å². The second-order valence-corrected chi connectivity index (χ2v) is 6.74. The number of carbonyl (C=O) groups is 2. The molecule has 0 bridgehead atoms. The quantitative estimate of drug-likeness (QED) is 0.475. The standard InChI is InChI=1S/C22H16F2N2O3/c1-11-9-12(2)18-13-5-3-8-16(20(13)29-17(18)10-11)25-22(28)26-21(27)19-14(23)6-4-7-15(19)24/h3-10H,1-2H3,(H2,25,26,27,28). The molecule has 0 aliphatic heterocycles. The number of hydrogen-bond acceptors (Lipinski definition) is 3. The second-order valence-electron chi connectivity index (χ2n) is 6.74. The predicted octanol–water partition coefficient (Wildman–Crippen LogP) is 5.44. The van der Waals surface area contributed by atoms with Crippen LogP contribution in [0.15, 0.2) is 52.9 Å². The number of halogens is 2. The molecule has 0 saturated heterocycles. The van der Waals surface area contributed by atoms with Crippen molar-refractivity contribution in [2.45, 2.75) is 13.8 Å². The topological polar surface area (TPSA) is 71.3 Å². The van der Waals surface area contributed by atoms with E-state index in [4.69, 9.17) is 4.42 Å². The SMILES string of the molecule is Cc1cc(C)c2c(c1)oc1c(NC(=O)NC(=O)c3c(F)cccc3F)cccc12. The molecule has 5 nitrogen and oxygen atoms in total. The molecule has 29 heavy (non-hydrogen) atoms. The van der Waals surface area contributed by atoms with Gasteiger partial charge in [0, 0.05) is 10.8 Å². The number of furan rings is 1. The van der Waals surface area contributed by atoms with Crippen LogP contribution in [0.5, 0.6) is 0 Å². The highest BCUT2D eigenvalue weighted by Gasteiger charge is 2.20. The minimum Gasteiger partial charge on any atom is -0.454 e. The van der Waals surface area contributed by atoms with Crippen molar-refractivity contribution < 1.29 is 22.8 Å². The number of nitrogens with one attached hydrogen (secondary N) is 2. The van der Waals surface area contributed by atoms with Gasteiger partial charge < -0.3 is 9.73 Å². The largest absolute Gasteiger partial charge is 0.454 e. The molecule has 1 aromatic heterocycles. The molecular formula is C22H16F2N2O3. The molecule has 0 aliphatic rings. The van der Waals surface area contributed by atoms with Crippen LogP contribution in [0.25, 0.3) is 21.9 Å². The molecule has 3 aromatic carbocycles. The van der Waals surface area contributed by atoms with Gasteiger partial charge in [-0.3, -0.25) is 10.1 Å². The summed E-state index contributed by atoms with van der Waals surface area (Å²) in [6.07, 6.45) is 0. The van der Waals surface area contributed by atoms with Crippen molar-refractivity contribution in [3.05, 3.63) is 76.9 Å². The zero-order valence-corrected chi connectivity index (χ0v) is 15.6. The first kappa shape index (κ1) is 18.6. The van der Waals surface area contributed by atoms with Crippen molar-refractivity contribution in [1.82, 2.24) is 5.32 Å². The van der Waals surface area contributed by atoms with E-state index in [0.29, 0.717) is 16.9 Å². The first-order valence-corrected chi connectivity index (χ1v) is 8.84. The average Bonchev–Trinajstić information content (AvgIpc) is 3.01. The molecule has 0 aliphatic carbocycles. The maximum atomic E-state index is 13.7. The number of hydrogen-bond donors (Lipinski definition) is 2. The van der Waals surface area contributed by atoms with Gasteiger partial charge in [0.05, 0.1) is 5.69 Å². The summed E-state index contributed by atoms with van der Waals surface area (Å²) in [5, 5.41) is 6.18. The number of aryl methyl sites for hydroxylation is 2. The van der Waals surface area contributed by atoms with Crippen molar-refractivity contribution in [2.75, 3.05) is 5.32 Å². The van der Waals surface area contributed by atoms with Crippen molar-refractivity contribution in [3.8, 4) is 0 Å². The Bertz CT molecular complexity index is 1270. The van der Waals surface area contributed by atoms with Gasteiger partial charge in [-0.05, 0) is 49.2 Å².